The van der Waals surface area contributed by atoms with E-state index in [4.69, 9.17) is 0 Å². The molecule has 19 heavy (non-hydrogen) atoms. The maximum atomic E-state index is 12.7. The molecule has 3 nitrogen and oxygen atoms in total. The van der Waals surface area contributed by atoms with Crippen molar-refractivity contribution in [3.63, 3.8) is 0 Å². The highest BCUT2D eigenvalue weighted by atomic mass is 19.1. The van der Waals surface area contributed by atoms with Crippen LogP contribution in [0, 0.1) is 5.82 Å². The summed E-state index contributed by atoms with van der Waals surface area (Å²) in [7, 11) is 0. The van der Waals surface area contributed by atoms with E-state index in [1.165, 1.54) is 12.1 Å². The number of halogens is 1. The maximum absolute atomic E-state index is 12.7. The zero-order chi connectivity index (χ0) is 13.7. The molecule has 1 amide bonds. The Bertz CT molecular complexity index is 419. The average Bonchev–Trinajstić information content (AvgIpc) is 2.41. The van der Waals surface area contributed by atoms with E-state index in [9.17, 15) is 9.18 Å². The molecule has 0 bridgehead atoms. The van der Waals surface area contributed by atoms with Crippen LogP contribution in [0.3, 0.4) is 0 Å². The van der Waals surface area contributed by atoms with Gasteiger partial charge in [0.1, 0.15) is 5.82 Å². The summed E-state index contributed by atoms with van der Waals surface area (Å²) in [5.41, 5.74) is 1.03. The Balaban J connectivity index is 1.73. The molecule has 2 N–H and O–H groups in total. The number of carbonyl (C=O) groups excluding carboxylic acids is 1. The lowest BCUT2D eigenvalue weighted by Crippen LogP contribution is -2.50. The third-order valence-corrected chi connectivity index (χ3v) is 3.56. The van der Waals surface area contributed by atoms with Gasteiger partial charge in [-0.05, 0) is 50.3 Å². The van der Waals surface area contributed by atoms with Gasteiger partial charge in [-0.2, -0.15) is 0 Å². The van der Waals surface area contributed by atoms with Gasteiger partial charge in [0.2, 0.25) is 5.91 Å². The number of hydrogen-bond donors (Lipinski definition) is 2. The molecule has 1 fully saturated rings. The number of benzene rings is 1. The van der Waals surface area contributed by atoms with Crippen LogP contribution in [0.15, 0.2) is 24.3 Å². The first kappa shape index (κ1) is 14.0. The Labute approximate surface area is 113 Å². The fraction of sp³-hybridized carbons (Fsp3) is 0.533. The molecule has 1 aromatic carbocycles. The van der Waals surface area contributed by atoms with Gasteiger partial charge >= 0.3 is 0 Å². The summed E-state index contributed by atoms with van der Waals surface area (Å²) in [5.74, 6) is -0.151. The lowest BCUT2D eigenvalue weighted by atomic mass is 9.99. The predicted octanol–water partition coefficient (Wildman–Crippen LogP) is 2.02. The van der Waals surface area contributed by atoms with E-state index in [0.717, 1.165) is 31.2 Å². The van der Waals surface area contributed by atoms with E-state index in [1.54, 1.807) is 12.1 Å². The smallest absolute Gasteiger partial charge is 0.237 e. The van der Waals surface area contributed by atoms with Gasteiger partial charge < -0.3 is 10.6 Å². The van der Waals surface area contributed by atoms with Gasteiger partial charge in [-0.25, -0.2) is 4.39 Å². The van der Waals surface area contributed by atoms with Crippen LogP contribution in [0.1, 0.15) is 31.7 Å². The first-order valence-corrected chi connectivity index (χ1v) is 6.93. The van der Waals surface area contributed by atoms with E-state index in [2.05, 4.69) is 17.6 Å². The highest BCUT2D eigenvalue weighted by molar-refractivity contribution is 5.81. The number of rotatable bonds is 4. The van der Waals surface area contributed by atoms with E-state index in [1.807, 2.05) is 0 Å². The highest BCUT2D eigenvalue weighted by Crippen LogP contribution is 2.12. The molecule has 1 aromatic rings. The van der Waals surface area contributed by atoms with Crippen LogP contribution in [0.2, 0.25) is 0 Å². The van der Waals surface area contributed by atoms with Crippen molar-refractivity contribution in [1.29, 1.82) is 0 Å². The predicted molar refractivity (Wildman–Crippen MR) is 73.4 cm³/mol. The van der Waals surface area contributed by atoms with Gasteiger partial charge in [0.25, 0.3) is 0 Å². The molecule has 1 heterocycles. The van der Waals surface area contributed by atoms with E-state index >= 15 is 0 Å². The Hall–Kier alpha value is -1.42. The zero-order valence-corrected chi connectivity index (χ0v) is 11.3. The summed E-state index contributed by atoms with van der Waals surface area (Å²) < 4.78 is 12.7. The number of amides is 1. The van der Waals surface area contributed by atoms with Crippen molar-refractivity contribution in [2.24, 2.45) is 0 Å². The Morgan fingerprint density at radius 2 is 2.11 bits per heavy atom. The van der Waals surface area contributed by atoms with Gasteiger partial charge in [0, 0.05) is 12.6 Å². The lowest BCUT2D eigenvalue weighted by molar-refractivity contribution is -0.123. The first-order chi connectivity index (χ1) is 9.15. The molecule has 2 rings (SSSR count). The van der Waals surface area contributed by atoms with E-state index in [0.29, 0.717) is 12.6 Å². The summed E-state index contributed by atoms with van der Waals surface area (Å²) in [6.07, 6.45) is 3.88. The third kappa shape index (κ3) is 4.31. The quantitative estimate of drug-likeness (QED) is 0.873. The maximum Gasteiger partial charge on any atom is 0.237 e. The number of piperidine rings is 1. The number of carbonyl (C=O) groups is 1. The lowest BCUT2D eigenvalue weighted by Gasteiger charge is -2.27. The second kappa shape index (κ2) is 6.66. The molecule has 1 aliphatic rings. The summed E-state index contributed by atoms with van der Waals surface area (Å²) >= 11 is 0. The summed E-state index contributed by atoms with van der Waals surface area (Å²) in [4.78, 5) is 12.0. The number of nitrogens with one attached hydrogen (secondary N) is 2. The minimum Gasteiger partial charge on any atom is -0.354 e. The van der Waals surface area contributed by atoms with Crippen LogP contribution in [0.25, 0.3) is 0 Å². The molecule has 0 aromatic heterocycles. The van der Waals surface area contributed by atoms with Crippen LogP contribution in [-0.4, -0.2) is 24.5 Å². The number of hydrogen-bond acceptors (Lipinski definition) is 2. The van der Waals surface area contributed by atoms with E-state index in [-0.39, 0.29) is 17.8 Å². The molecule has 0 aliphatic carbocycles. The van der Waals surface area contributed by atoms with Crippen LogP contribution < -0.4 is 10.6 Å². The summed E-state index contributed by atoms with van der Waals surface area (Å²) in [6, 6.07) is 6.76. The van der Waals surface area contributed by atoms with Crippen molar-refractivity contribution in [3.05, 3.63) is 35.6 Å². The topological polar surface area (TPSA) is 41.1 Å². The molecular weight excluding hydrogens is 243 g/mol. The molecule has 0 saturated carbocycles. The molecule has 104 valence electrons. The normalized spacial score (nSPS) is 23.1. The largest absolute Gasteiger partial charge is 0.354 e. The average molecular weight is 264 g/mol. The van der Waals surface area contributed by atoms with Gasteiger partial charge in [0.15, 0.2) is 0 Å². The SMILES string of the molecule is CC1CCCC(C(=O)NCCc2ccc(F)cc2)N1. The van der Waals surface area contributed by atoms with Gasteiger partial charge in [-0.3, -0.25) is 4.79 Å². The molecular formula is C15H21FN2O. The monoisotopic (exact) mass is 264 g/mol. The van der Waals surface area contributed by atoms with Gasteiger partial charge in [0.05, 0.1) is 6.04 Å². The van der Waals surface area contributed by atoms with Crippen molar-refractivity contribution in [3.8, 4) is 0 Å². The van der Waals surface area contributed by atoms with Crippen molar-refractivity contribution in [2.75, 3.05) is 6.54 Å². The van der Waals surface area contributed by atoms with Crippen LogP contribution in [0.5, 0.6) is 0 Å². The minimum absolute atomic E-state index is 0.0584. The minimum atomic E-state index is -0.229. The molecule has 0 spiro atoms. The molecule has 1 aliphatic heterocycles. The fourth-order valence-electron chi connectivity index (χ4n) is 2.45. The van der Waals surface area contributed by atoms with E-state index < -0.39 is 0 Å². The van der Waals surface area contributed by atoms with Crippen molar-refractivity contribution in [1.82, 2.24) is 10.6 Å². The first-order valence-electron chi connectivity index (χ1n) is 6.93. The molecule has 0 radical (unpaired) electrons. The Morgan fingerprint density at radius 3 is 2.79 bits per heavy atom. The Kier molecular flexibility index (Phi) is 4.91. The van der Waals surface area contributed by atoms with Gasteiger partial charge in [-0.1, -0.05) is 12.1 Å². The highest BCUT2D eigenvalue weighted by Gasteiger charge is 2.23. The summed E-state index contributed by atoms with van der Waals surface area (Å²) in [5, 5.41) is 6.25. The van der Waals surface area contributed by atoms with Crippen LogP contribution in [0.4, 0.5) is 4.39 Å². The second-order valence-corrected chi connectivity index (χ2v) is 5.22. The van der Waals surface area contributed by atoms with Gasteiger partial charge in [-0.15, -0.1) is 0 Å². The molecule has 2 unspecified atom stereocenters. The second-order valence-electron chi connectivity index (χ2n) is 5.22. The molecule has 2 atom stereocenters. The van der Waals surface area contributed by atoms with Crippen LogP contribution >= 0.6 is 0 Å². The van der Waals surface area contributed by atoms with Crippen molar-refractivity contribution < 1.29 is 9.18 Å². The molecule has 4 heteroatoms. The Morgan fingerprint density at radius 1 is 1.37 bits per heavy atom. The van der Waals surface area contributed by atoms with Crippen LogP contribution in [-0.2, 0) is 11.2 Å². The zero-order valence-electron chi connectivity index (χ0n) is 11.3. The van der Waals surface area contributed by atoms with Crippen molar-refractivity contribution >= 4 is 5.91 Å². The fourth-order valence-corrected chi connectivity index (χ4v) is 2.45. The molecule has 1 saturated heterocycles. The standard InChI is InChI=1S/C15H21FN2O/c1-11-3-2-4-14(18-11)15(19)17-10-9-12-5-7-13(16)8-6-12/h5-8,11,14,18H,2-4,9-10H2,1H3,(H,17,19). The third-order valence-electron chi connectivity index (χ3n) is 3.56. The summed E-state index contributed by atoms with van der Waals surface area (Å²) in [6.45, 7) is 2.70. The van der Waals surface area contributed by atoms with Crippen molar-refractivity contribution in [2.45, 2.75) is 44.7 Å².